The molecule has 2 nitrogen and oxygen atoms in total. The molecule has 0 saturated heterocycles. The molecule has 0 spiro atoms. The summed E-state index contributed by atoms with van der Waals surface area (Å²) >= 11 is 2.03. The first-order valence-corrected chi connectivity index (χ1v) is 31.0. The van der Waals surface area contributed by atoms with Crippen LogP contribution in [0.25, 0.3) is 11.1 Å². The Hall–Kier alpha value is -2.17. The Balaban J connectivity index is 0.000000846. The van der Waals surface area contributed by atoms with Crippen molar-refractivity contribution >= 4 is 11.4 Å². The number of hydrogen-bond acceptors (Lipinski definition) is 0. The summed E-state index contributed by atoms with van der Waals surface area (Å²) in [5.41, 5.74) is 25.1. The van der Waals surface area contributed by atoms with E-state index in [1.165, 1.54) is 242 Å². The molecule has 2 aromatic rings. The summed E-state index contributed by atoms with van der Waals surface area (Å²) in [5, 5.41) is 2.86. The van der Waals surface area contributed by atoms with Crippen LogP contribution in [0.4, 0.5) is 0 Å². The molecule has 0 unspecified atom stereocenters. The molecule has 2 aromatic carbocycles. The van der Waals surface area contributed by atoms with Gasteiger partial charge in [-0.25, -0.2) is 0 Å². The molecule has 0 aliphatic heterocycles. The first-order valence-electron chi connectivity index (χ1n) is 29.6. The molecule has 0 radical (unpaired) electrons. The van der Waals surface area contributed by atoms with Crippen molar-refractivity contribution in [3.63, 3.8) is 0 Å². The molecule has 3 heteroatoms. The van der Waals surface area contributed by atoms with E-state index in [4.69, 9.17) is 0 Å². The summed E-state index contributed by atoms with van der Waals surface area (Å²) in [5.74, 6) is 3.12. The van der Waals surface area contributed by atoms with E-state index in [0.29, 0.717) is 0 Å². The van der Waals surface area contributed by atoms with Gasteiger partial charge in [-0.05, 0) is 141 Å². The van der Waals surface area contributed by atoms with Gasteiger partial charge in [0.05, 0.1) is 5.57 Å². The summed E-state index contributed by atoms with van der Waals surface area (Å²) in [6.07, 6.45) is 48.7. The third-order valence-electron chi connectivity index (χ3n) is 14.4. The normalized spacial score (nSPS) is 11.6. The van der Waals surface area contributed by atoms with Crippen molar-refractivity contribution in [2.45, 2.75) is 318 Å². The van der Waals surface area contributed by atoms with E-state index in [2.05, 4.69) is 104 Å². The van der Waals surface area contributed by atoms with E-state index in [0.717, 1.165) is 50.5 Å². The van der Waals surface area contributed by atoms with Gasteiger partial charge >= 0.3 is 161 Å². The molecular weight excluding hydrogens is 867 g/mol. The van der Waals surface area contributed by atoms with Crippen molar-refractivity contribution in [1.82, 2.24) is 0 Å². The van der Waals surface area contributed by atoms with Gasteiger partial charge in [-0.3, -0.25) is 0 Å². The number of unbranched alkanes of at least 4 members (excludes halogenated alkanes) is 25. The number of rotatable bonds is 42. The van der Waals surface area contributed by atoms with E-state index < -0.39 is 0 Å². The van der Waals surface area contributed by atoms with Gasteiger partial charge in [-0.1, -0.05) is 117 Å². The number of nitrogens with zero attached hydrogens (tertiary/aromatic N) is 2. The summed E-state index contributed by atoms with van der Waals surface area (Å²) in [6, 6.07) is 9.94. The Bertz CT molecular complexity index is 1580. The van der Waals surface area contributed by atoms with Crippen molar-refractivity contribution in [3.8, 4) is 0 Å². The van der Waals surface area contributed by atoms with Crippen LogP contribution in [-0.2, 0) is 33.7 Å². The summed E-state index contributed by atoms with van der Waals surface area (Å²) in [6.45, 7) is 22.8. The van der Waals surface area contributed by atoms with Gasteiger partial charge in [0.1, 0.15) is 0 Å². The minimum atomic E-state index is 0.888. The molecule has 0 aliphatic carbocycles. The zero-order chi connectivity index (χ0) is 49.9. The van der Waals surface area contributed by atoms with Gasteiger partial charge in [-0.2, -0.15) is 0 Å². The van der Waals surface area contributed by atoms with Gasteiger partial charge in [0.15, 0.2) is 0 Å². The molecule has 0 heterocycles. The fraction of sp³-hybridized carbons (Fsp3) is 0.754. The Morgan fingerprint density at radius 1 is 0.426 bits per heavy atom. The van der Waals surface area contributed by atoms with Gasteiger partial charge < -0.3 is 5.53 Å². The maximum absolute atomic E-state index is 9.87. The number of benzene rings is 2. The second-order valence-corrected chi connectivity index (χ2v) is 22.1. The van der Waals surface area contributed by atoms with Crippen molar-refractivity contribution in [2.75, 3.05) is 0 Å². The van der Waals surface area contributed by atoms with Crippen LogP contribution in [0.15, 0.2) is 35.4 Å². The van der Waals surface area contributed by atoms with Crippen LogP contribution in [0.1, 0.15) is 311 Å². The van der Waals surface area contributed by atoms with E-state index in [1.807, 2.05) is 14.4 Å². The molecule has 0 aromatic heterocycles. The third-order valence-corrected chi connectivity index (χ3v) is 15.8. The van der Waals surface area contributed by atoms with Crippen LogP contribution in [0.2, 0.25) is 10.8 Å². The zero-order valence-electron chi connectivity index (χ0n) is 47.1. The molecule has 392 valence electrons. The molecule has 0 aliphatic rings. The fourth-order valence-corrected chi connectivity index (χ4v) is 10.9. The molecule has 68 heavy (non-hydrogen) atoms. The van der Waals surface area contributed by atoms with Gasteiger partial charge in [0.25, 0.3) is 0 Å². The van der Waals surface area contributed by atoms with E-state index in [-0.39, 0.29) is 0 Å². The van der Waals surface area contributed by atoms with Crippen LogP contribution < -0.4 is 0 Å². The Kier molecular flexibility index (Phi) is 42.0. The summed E-state index contributed by atoms with van der Waals surface area (Å²) in [4.78, 5) is 3.54. The Morgan fingerprint density at radius 3 is 1.21 bits per heavy atom. The van der Waals surface area contributed by atoms with Crippen molar-refractivity contribution in [1.29, 1.82) is 0 Å². The molecule has 0 saturated carbocycles. The maximum atomic E-state index is 9.87. The van der Waals surface area contributed by atoms with Crippen LogP contribution in [0.5, 0.6) is 0 Å². The first kappa shape index (κ1) is 63.8. The summed E-state index contributed by atoms with van der Waals surface area (Å²) in [7, 11) is 0. The second kappa shape index (κ2) is 44.8. The second-order valence-electron chi connectivity index (χ2n) is 20.6. The van der Waals surface area contributed by atoms with Crippen molar-refractivity contribution in [3.05, 3.63) is 85.5 Å². The molecule has 0 amide bonds. The first-order chi connectivity index (χ1) is 33.3. The predicted molar refractivity (Wildman–Crippen MR) is 303 cm³/mol. The summed E-state index contributed by atoms with van der Waals surface area (Å²) < 4.78 is 0. The molecule has 0 fully saturated rings. The molecule has 0 atom stereocenters. The Labute approximate surface area is 431 Å². The van der Waals surface area contributed by atoms with E-state index in [1.54, 1.807) is 16.7 Å². The standard InChI is InChI=1S/C43H66N2.2C11H23.Ni/c1-9-14-19-20-21-22-27-42(38(32-45-44)25-17-12-4)43(39-28-33(6)35(8)34(7)29-39)40-30-36(23-15-10-2)41(26-18-13-5)37(31-40)24-16-11-3;2*1-3-5-7-9-11-10-8-6-4-2;/h28-31H,9-27H2,1-8H3;2*1,3-11H2,2H3;. The Morgan fingerprint density at radius 2 is 0.794 bits per heavy atom. The van der Waals surface area contributed by atoms with Crippen LogP contribution >= 0.6 is 0 Å². The van der Waals surface area contributed by atoms with E-state index >= 15 is 0 Å². The van der Waals surface area contributed by atoms with Gasteiger partial charge in [0.2, 0.25) is 0 Å². The van der Waals surface area contributed by atoms with Crippen LogP contribution in [-0.4, -0.2) is 10.7 Å². The predicted octanol–water partition coefficient (Wildman–Crippen LogP) is 22.2. The zero-order valence-corrected chi connectivity index (χ0v) is 48.1. The third kappa shape index (κ3) is 29.2. The average molecular weight is 980 g/mol. The number of aryl methyl sites for hydroxylation is 4. The van der Waals surface area contributed by atoms with Crippen molar-refractivity contribution < 1.29 is 19.2 Å². The van der Waals surface area contributed by atoms with Crippen LogP contribution in [0, 0.1) is 20.8 Å². The van der Waals surface area contributed by atoms with Crippen LogP contribution in [0.3, 0.4) is 0 Å². The van der Waals surface area contributed by atoms with Gasteiger partial charge in [-0.15, -0.1) is 4.79 Å². The molecular formula is C65H112N2Ni. The topological polar surface area (TPSA) is 36.4 Å². The SMILES string of the molecule is CCCCCCCCC(C(=C=[N+]=[N-])CCCC)=C(c1cc(C)c(C)c(C)c1)c1cc(CCCC)c(CCCC)c(CCCC)c1.CCCCCCCCCC[CH2][Ni][CH2]CCCCCCCCCC. The molecule has 0 bridgehead atoms. The quantitative estimate of drug-likeness (QED) is 0.0159. The average Bonchev–Trinajstić information content (AvgIpc) is 3.34. The minimum absolute atomic E-state index is 0.888. The molecule has 2 rings (SSSR count). The number of allylic oxidation sites excluding steroid dienone is 2. The van der Waals surface area contributed by atoms with Gasteiger partial charge in [0, 0.05) is 0 Å². The monoisotopic (exact) mass is 979 g/mol. The molecule has 0 N–H and O–H groups in total. The fourth-order valence-electron chi connectivity index (χ4n) is 9.71. The van der Waals surface area contributed by atoms with E-state index in [9.17, 15) is 5.53 Å². The van der Waals surface area contributed by atoms with Crippen molar-refractivity contribution in [2.24, 2.45) is 0 Å². The number of hydrogen-bond donors (Lipinski definition) is 0.